The molecule has 2 heteroatoms. The van der Waals surface area contributed by atoms with Crippen molar-refractivity contribution in [3.05, 3.63) is 0 Å². The van der Waals surface area contributed by atoms with Crippen LogP contribution in [-0.2, 0) is 0 Å². The minimum atomic E-state index is -0.0365. The molecule has 0 bridgehead atoms. The predicted molar refractivity (Wildman–Crippen MR) is 35.2 cm³/mol. The quantitative estimate of drug-likeness (QED) is 0.557. The van der Waals surface area contributed by atoms with Gasteiger partial charge >= 0.3 is 0 Å². The fourth-order valence-corrected chi connectivity index (χ4v) is 1.23. The number of aliphatic hydroxyl groups is 1. The average molecular weight is 127 g/mol. The monoisotopic (exact) mass is 127 g/mol. The normalized spacial score (nSPS) is 42.3. The average Bonchev–Trinajstić information content (AvgIpc) is 2.62. The summed E-state index contributed by atoms with van der Waals surface area (Å²) in [4.78, 5) is 0. The van der Waals surface area contributed by atoms with Gasteiger partial charge in [-0.3, -0.25) is 0 Å². The van der Waals surface area contributed by atoms with E-state index in [2.05, 4.69) is 5.32 Å². The van der Waals surface area contributed by atoms with E-state index in [0.717, 1.165) is 12.5 Å². The maximum Gasteiger partial charge on any atom is 0.0693 e. The van der Waals surface area contributed by atoms with Crippen LogP contribution in [0, 0.1) is 0 Å². The third-order valence-corrected chi connectivity index (χ3v) is 2.27. The maximum absolute atomic E-state index is 9.12. The molecule has 2 aliphatic carbocycles. The van der Waals surface area contributed by atoms with Crippen molar-refractivity contribution in [2.24, 2.45) is 0 Å². The van der Waals surface area contributed by atoms with Crippen LogP contribution in [0.25, 0.3) is 0 Å². The zero-order valence-electron chi connectivity index (χ0n) is 5.51. The molecule has 0 aromatic carbocycles. The van der Waals surface area contributed by atoms with Crippen molar-refractivity contribution >= 4 is 0 Å². The summed E-state index contributed by atoms with van der Waals surface area (Å²) in [5.74, 6) is 0. The van der Waals surface area contributed by atoms with Crippen LogP contribution >= 0.6 is 0 Å². The van der Waals surface area contributed by atoms with Gasteiger partial charge in [0.1, 0.15) is 0 Å². The largest absolute Gasteiger partial charge is 0.392 e. The van der Waals surface area contributed by atoms with Crippen molar-refractivity contribution in [3.8, 4) is 0 Å². The van der Waals surface area contributed by atoms with E-state index in [0.29, 0.717) is 6.04 Å². The summed E-state index contributed by atoms with van der Waals surface area (Å²) in [5.41, 5.74) is 0. The standard InChI is InChI=1S/C7H13NO/c9-7-4-3-6(7)8-5-1-2-5/h5-9H,1-4H2. The number of hydrogen-bond acceptors (Lipinski definition) is 2. The summed E-state index contributed by atoms with van der Waals surface area (Å²) >= 11 is 0. The molecule has 0 aromatic heterocycles. The molecule has 0 spiro atoms. The van der Waals surface area contributed by atoms with Crippen LogP contribution < -0.4 is 5.32 Å². The predicted octanol–water partition coefficient (Wildman–Crippen LogP) is 0.262. The molecule has 2 saturated carbocycles. The van der Waals surface area contributed by atoms with Crippen LogP contribution in [0.4, 0.5) is 0 Å². The smallest absolute Gasteiger partial charge is 0.0693 e. The lowest BCUT2D eigenvalue weighted by atomic mass is 9.89. The van der Waals surface area contributed by atoms with E-state index in [4.69, 9.17) is 5.11 Å². The van der Waals surface area contributed by atoms with Crippen molar-refractivity contribution in [2.45, 2.75) is 43.9 Å². The molecule has 2 N–H and O–H groups in total. The topological polar surface area (TPSA) is 32.3 Å². The van der Waals surface area contributed by atoms with E-state index in [1.807, 2.05) is 0 Å². The van der Waals surface area contributed by atoms with E-state index < -0.39 is 0 Å². The second kappa shape index (κ2) is 1.96. The highest BCUT2D eigenvalue weighted by molar-refractivity contribution is 4.93. The van der Waals surface area contributed by atoms with Gasteiger partial charge in [0, 0.05) is 12.1 Å². The fourth-order valence-electron chi connectivity index (χ4n) is 1.23. The summed E-state index contributed by atoms with van der Waals surface area (Å²) in [6.45, 7) is 0. The molecular weight excluding hydrogens is 114 g/mol. The van der Waals surface area contributed by atoms with Gasteiger partial charge in [-0.2, -0.15) is 0 Å². The van der Waals surface area contributed by atoms with E-state index in [1.54, 1.807) is 0 Å². The first-order chi connectivity index (χ1) is 4.36. The first-order valence-corrected chi connectivity index (χ1v) is 3.80. The molecule has 0 aliphatic heterocycles. The van der Waals surface area contributed by atoms with Crippen LogP contribution in [0.2, 0.25) is 0 Å². The van der Waals surface area contributed by atoms with Gasteiger partial charge < -0.3 is 10.4 Å². The third-order valence-electron chi connectivity index (χ3n) is 2.27. The van der Waals surface area contributed by atoms with Crippen molar-refractivity contribution < 1.29 is 5.11 Å². The molecule has 2 atom stereocenters. The van der Waals surface area contributed by atoms with E-state index in [9.17, 15) is 0 Å². The van der Waals surface area contributed by atoms with Gasteiger partial charge in [-0.25, -0.2) is 0 Å². The van der Waals surface area contributed by atoms with E-state index in [1.165, 1.54) is 19.3 Å². The van der Waals surface area contributed by atoms with Crippen LogP contribution in [0.3, 0.4) is 0 Å². The molecule has 0 saturated heterocycles. The third kappa shape index (κ3) is 1.10. The lowest BCUT2D eigenvalue weighted by Gasteiger charge is -2.33. The van der Waals surface area contributed by atoms with Gasteiger partial charge in [0.25, 0.3) is 0 Å². The van der Waals surface area contributed by atoms with Gasteiger partial charge in [0.15, 0.2) is 0 Å². The molecule has 2 rings (SSSR count). The molecule has 0 aromatic rings. The molecule has 2 fully saturated rings. The highest BCUT2D eigenvalue weighted by Crippen LogP contribution is 2.26. The Kier molecular flexibility index (Phi) is 1.24. The molecule has 2 unspecified atom stereocenters. The summed E-state index contributed by atoms with van der Waals surface area (Å²) in [6, 6.07) is 1.20. The first-order valence-electron chi connectivity index (χ1n) is 3.80. The minimum Gasteiger partial charge on any atom is -0.392 e. The van der Waals surface area contributed by atoms with Gasteiger partial charge in [-0.15, -0.1) is 0 Å². The summed E-state index contributed by atoms with van der Waals surface area (Å²) in [5, 5.41) is 12.5. The molecule has 2 aliphatic rings. The highest BCUT2D eigenvalue weighted by Gasteiger charge is 2.33. The first kappa shape index (κ1) is 5.69. The van der Waals surface area contributed by atoms with Crippen LogP contribution in [-0.4, -0.2) is 23.3 Å². The second-order valence-electron chi connectivity index (χ2n) is 3.19. The number of nitrogens with one attached hydrogen (secondary N) is 1. The lowest BCUT2D eigenvalue weighted by molar-refractivity contribution is 0.0492. The van der Waals surface area contributed by atoms with Crippen LogP contribution in [0.15, 0.2) is 0 Å². The molecule has 9 heavy (non-hydrogen) atoms. The molecule has 52 valence electrons. The van der Waals surface area contributed by atoms with Crippen molar-refractivity contribution in [1.82, 2.24) is 5.32 Å². The van der Waals surface area contributed by atoms with Gasteiger partial charge in [0.2, 0.25) is 0 Å². The Labute approximate surface area is 55.3 Å². The zero-order valence-corrected chi connectivity index (χ0v) is 5.51. The molecule has 0 heterocycles. The number of hydrogen-bond donors (Lipinski definition) is 2. The van der Waals surface area contributed by atoms with E-state index in [-0.39, 0.29) is 6.10 Å². The Balaban J connectivity index is 1.72. The van der Waals surface area contributed by atoms with Gasteiger partial charge in [-0.05, 0) is 25.7 Å². The van der Waals surface area contributed by atoms with E-state index >= 15 is 0 Å². The number of rotatable bonds is 2. The van der Waals surface area contributed by atoms with Crippen LogP contribution in [0.5, 0.6) is 0 Å². The molecule has 0 radical (unpaired) electrons. The highest BCUT2D eigenvalue weighted by atomic mass is 16.3. The molecular formula is C7H13NO. The summed E-state index contributed by atoms with van der Waals surface area (Å²) in [7, 11) is 0. The Morgan fingerprint density at radius 3 is 2.22 bits per heavy atom. The maximum atomic E-state index is 9.12. The van der Waals surface area contributed by atoms with Gasteiger partial charge in [0.05, 0.1) is 6.10 Å². The Bertz CT molecular complexity index is 111. The second-order valence-corrected chi connectivity index (χ2v) is 3.19. The Hall–Kier alpha value is -0.0800. The Morgan fingerprint density at radius 1 is 1.11 bits per heavy atom. The van der Waals surface area contributed by atoms with Crippen molar-refractivity contribution in [2.75, 3.05) is 0 Å². The summed E-state index contributed by atoms with van der Waals surface area (Å²) < 4.78 is 0. The lowest BCUT2D eigenvalue weighted by Crippen LogP contribution is -2.48. The van der Waals surface area contributed by atoms with Crippen molar-refractivity contribution in [1.29, 1.82) is 0 Å². The fraction of sp³-hybridized carbons (Fsp3) is 1.00. The zero-order chi connectivity index (χ0) is 6.27. The summed E-state index contributed by atoms with van der Waals surface area (Å²) in [6.07, 6.45) is 4.79. The van der Waals surface area contributed by atoms with Crippen molar-refractivity contribution in [3.63, 3.8) is 0 Å². The minimum absolute atomic E-state index is 0.0365. The molecule has 0 amide bonds. The van der Waals surface area contributed by atoms with Gasteiger partial charge in [-0.1, -0.05) is 0 Å². The van der Waals surface area contributed by atoms with Crippen LogP contribution in [0.1, 0.15) is 25.7 Å². The Morgan fingerprint density at radius 2 is 1.89 bits per heavy atom. The molecule has 2 nitrogen and oxygen atoms in total. The SMILES string of the molecule is OC1CCC1NC1CC1. The number of aliphatic hydroxyl groups excluding tert-OH is 1.